The van der Waals surface area contributed by atoms with E-state index in [4.69, 9.17) is 33.2 Å². The molecule has 0 aromatic carbocycles. The van der Waals surface area contributed by atoms with Crippen LogP contribution in [0.1, 0.15) is 46.5 Å². The first-order valence-corrected chi connectivity index (χ1v) is 18.0. The van der Waals surface area contributed by atoms with E-state index in [0.717, 1.165) is 23.8 Å². The summed E-state index contributed by atoms with van der Waals surface area (Å²) in [6, 6.07) is 3.30. The molecule has 4 rings (SSSR count). The first-order valence-electron chi connectivity index (χ1n) is 10.3. The lowest BCUT2D eigenvalue weighted by Gasteiger charge is -2.47. The van der Waals surface area contributed by atoms with Crippen LogP contribution in [0.3, 0.4) is 0 Å². The second-order valence-electron chi connectivity index (χ2n) is 9.06. The van der Waals surface area contributed by atoms with Crippen molar-refractivity contribution in [1.29, 1.82) is 0 Å². The summed E-state index contributed by atoms with van der Waals surface area (Å²) in [4.78, 5) is 0. The SMILES string of the molecule is CC[Si](Cl)(Cl)C1CC2([Si](Cl)(CC)CC)CC1C=C2C1CC2C=CC1C2. The predicted octanol–water partition coefficient (Wildman–Crippen LogP) is 7.82. The van der Waals surface area contributed by atoms with Gasteiger partial charge in [0.1, 0.15) is 0 Å². The first kappa shape index (κ1) is 19.1. The minimum Gasteiger partial charge on any atom is -0.166 e. The van der Waals surface area contributed by atoms with Gasteiger partial charge in [0.15, 0.2) is 7.38 Å². The zero-order chi connectivity index (χ0) is 18.0. The highest BCUT2D eigenvalue weighted by Crippen LogP contribution is 2.75. The third-order valence-electron chi connectivity index (χ3n) is 8.29. The van der Waals surface area contributed by atoms with Gasteiger partial charge in [-0.2, -0.15) is 11.1 Å². The van der Waals surface area contributed by atoms with E-state index >= 15 is 0 Å². The normalized spacial score (nSPS) is 42.5. The number of allylic oxidation sites excluding steroid dienone is 4. The summed E-state index contributed by atoms with van der Waals surface area (Å²) in [7, 11) is -1.88. The van der Waals surface area contributed by atoms with Gasteiger partial charge in [0, 0.05) is 5.04 Å². The van der Waals surface area contributed by atoms with Gasteiger partial charge in [0.05, 0.1) is 0 Å². The molecule has 2 saturated carbocycles. The monoisotopic (exact) mass is 432 g/mol. The van der Waals surface area contributed by atoms with Crippen molar-refractivity contribution in [1.82, 2.24) is 0 Å². The minimum absolute atomic E-state index is 0.271. The summed E-state index contributed by atoms with van der Waals surface area (Å²) < 4.78 is 0. The van der Waals surface area contributed by atoms with E-state index in [1.807, 2.05) is 0 Å². The van der Waals surface area contributed by atoms with Crippen LogP contribution in [0.2, 0.25) is 28.7 Å². The molecular formula is C20H31Cl3Si2. The van der Waals surface area contributed by atoms with Crippen molar-refractivity contribution in [2.75, 3.05) is 0 Å². The molecule has 25 heavy (non-hydrogen) atoms. The number of rotatable bonds is 6. The first-order chi connectivity index (χ1) is 11.8. The van der Waals surface area contributed by atoms with E-state index in [1.165, 1.54) is 37.8 Å². The average molecular weight is 434 g/mol. The van der Waals surface area contributed by atoms with Crippen LogP contribution in [0.5, 0.6) is 0 Å². The zero-order valence-electron chi connectivity index (χ0n) is 15.7. The van der Waals surface area contributed by atoms with Gasteiger partial charge in [-0.25, -0.2) is 0 Å². The van der Waals surface area contributed by atoms with E-state index < -0.39 is 14.1 Å². The minimum atomic E-state index is -2.19. The molecule has 0 heterocycles. The van der Waals surface area contributed by atoms with Crippen LogP contribution in [0, 0.1) is 23.7 Å². The van der Waals surface area contributed by atoms with E-state index in [1.54, 1.807) is 5.57 Å². The molecule has 0 aliphatic heterocycles. The summed E-state index contributed by atoms with van der Waals surface area (Å²) in [6.07, 6.45) is 12.8. The smallest absolute Gasteiger partial charge is 0.166 e. The number of halogens is 3. The molecule has 6 unspecified atom stereocenters. The molecule has 0 saturated heterocycles. The molecule has 4 bridgehead atoms. The predicted molar refractivity (Wildman–Crippen MR) is 117 cm³/mol. The van der Waals surface area contributed by atoms with Gasteiger partial charge in [-0.3, -0.25) is 0 Å². The lowest BCUT2D eigenvalue weighted by Crippen LogP contribution is -2.44. The molecular weight excluding hydrogens is 403 g/mol. The average Bonchev–Trinajstić information content (AvgIpc) is 3.38. The van der Waals surface area contributed by atoms with Crippen LogP contribution >= 0.6 is 33.2 Å². The van der Waals surface area contributed by atoms with Crippen LogP contribution in [0.4, 0.5) is 0 Å². The molecule has 2 fully saturated rings. The Balaban J connectivity index is 1.75. The van der Waals surface area contributed by atoms with Crippen molar-refractivity contribution in [3.8, 4) is 0 Å². The van der Waals surface area contributed by atoms with Gasteiger partial charge in [0.2, 0.25) is 0 Å². The second kappa shape index (κ2) is 6.41. The summed E-state index contributed by atoms with van der Waals surface area (Å²) in [5.41, 5.74) is 2.28. The van der Waals surface area contributed by atoms with E-state index in [0.29, 0.717) is 11.5 Å². The van der Waals surface area contributed by atoms with Crippen molar-refractivity contribution in [2.24, 2.45) is 23.7 Å². The molecule has 0 nitrogen and oxygen atoms in total. The van der Waals surface area contributed by atoms with Gasteiger partial charge in [-0.1, -0.05) is 44.6 Å². The Labute approximate surface area is 169 Å². The van der Waals surface area contributed by atoms with Crippen molar-refractivity contribution in [3.63, 3.8) is 0 Å². The molecule has 140 valence electrons. The number of hydrogen-bond donors (Lipinski definition) is 0. The number of fused-ring (bicyclic) bond motifs is 4. The van der Waals surface area contributed by atoms with Crippen LogP contribution < -0.4 is 0 Å². The standard InChI is InChI=1S/C20H31Cl3Si2/c1-4-24(21,5-2)20-12-16(19(13-20)25(22,23)6-3)11-18(20)17-10-14-7-8-15(17)9-14/h7-8,11,14-17,19H,4-6,9-10,12-13H2,1-3H3. The molecule has 0 spiro atoms. The van der Waals surface area contributed by atoms with Crippen molar-refractivity contribution >= 4 is 47.3 Å². The molecule has 4 aliphatic rings. The Morgan fingerprint density at radius 3 is 2.20 bits per heavy atom. The summed E-state index contributed by atoms with van der Waals surface area (Å²) in [5, 5.41) is 0.271. The summed E-state index contributed by atoms with van der Waals surface area (Å²) in [5.74, 6) is 2.95. The largest absolute Gasteiger partial charge is 0.254 e. The molecule has 4 aliphatic carbocycles. The zero-order valence-corrected chi connectivity index (χ0v) is 20.0. The molecule has 5 heteroatoms. The Morgan fingerprint density at radius 2 is 1.68 bits per heavy atom. The molecule has 6 atom stereocenters. The topological polar surface area (TPSA) is 0 Å². The van der Waals surface area contributed by atoms with E-state index in [2.05, 4.69) is 39.0 Å². The van der Waals surface area contributed by atoms with Crippen LogP contribution in [0.25, 0.3) is 0 Å². The highest BCUT2D eigenvalue weighted by Gasteiger charge is 2.66. The van der Waals surface area contributed by atoms with Gasteiger partial charge < -0.3 is 0 Å². The fourth-order valence-electron chi connectivity index (χ4n) is 6.85. The Morgan fingerprint density at radius 1 is 0.960 bits per heavy atom. The molecule has 0 radical (unpaired) electrons. The van der Waals surface area contributed by atoms with Gasteiger partial charge >= 0.3 is 0 Å². The van der Waals surface area contributed by atoms with Crippen molar-refractivity contribution < 1.29 is 0 Å². The summed E-state index contributed by atoms with van der Waals surface area (Å²) >= 11 is 21.4. The fourth-order valence-corrected chi connectivity index (χ4v) is 15.1. The van der Waals surface area contributed by atoms with Crippen LogP contribution in [-0.4, -0.2) is 14.1 Å². The third kappa shape index (κ3) is 2.64. The maximum absolute atomic E-state index is 7.54. The maximum Gasteiger partial charge on any atom is 0.254 e. The quantitative estimate of drug-likeness (QED) is 0.227. The van der Waals surface area contributed by atoms with Crippen molar-refractivity contribution in [2.45, 2.75) is 75.2 Å². The van der Waals surface area contributed by atoms with Gasteiger partial charge in [-0.15, -0.1) is 22.2 Å². The van der Waals surface area contributed by atoms with E-state index in [-0.39, 0.29) is 5.04 Å². The van der Waals surface area contributed by atoms with Crippen LogP contribution in [-0.2, 0) is 0 Å². The summed E-state index contributed by atoms with van der Waals surface area (Å²) in [6.45, 7) is 4.67. The second-order valence-corrected chi connectivity index (χ2v) is 23.1. The lowest BCUT2D eigenvalue weighted by molar-refractivity contribution is 0.456. The highest BCUT2D eigenvalue weighted by atomic mass is 35.7. The van der Waals surface area contributed by atoms with Crippen molar-refractivity contribution in [3.05, 3.63) is 23.8 Å². The maximum atomic E-state index is 7.54. The van der Waals surface area contributed by atoms with E-state index in [9.17, 15) is 0 Å². The number of hydrogen-bond acceptors (Lipinski definition) is 0. The fraction of sp³-hybridized carbons (Fsp3) is 0.800. The Kier molecular flexibility index (Phi) is 4.90. The van der Waals surface area contributed by atoms with Gasteiger partial charge in [0.25, 0.3) is 6.69 Å². The molecule has 0 aromatic rings. The molecule has 0 N–H and O–H groups in total. The Bertz CT molecular complexity index is 610. The van der Waals surface area contributed by atoms with Crippen LogP contribution in [0.15, 0.2) is 23.8 Å². The van der Waals surface area contributed by atoms with Gasteiger partial charge in [-0.05, 0) is 73.0 Å². The lowest BCUT2D eigenvalue weighted by atomic mass is 9.79. The molecule has 0 aromatic heterocycles. The molecule has 0 amide bonds. The third-order valence-corrected chi connectivity index (χ3v) is 21.6. The highest BCUT2D eigenvalue weighted by molar-refractivity contribution is 7.46. The Hall–Kier alpha value is 0.784.